The standard InChI is InChI=1S/C11H14N2O2.C4H7N3O2/c1-3-8(2)12-13-11(15)9-6-4-5-7-10(9)14;1-3-6-4(5-2)7(8)9/h4-7,14H,3H2,1-2H3,(H,13,15);3H,1-2H3/b12-8+;5-4?,6-3-. The molecular formula is C15H21N5O4. The quantitative estimate of drug-likeness (QED) is 0.379. The van der Waals surface area contributed by atoms with Crippen LogP contribution < -0.4 is 5.43 Å². The van der Waals surface area contributed by atoms with Crippen LogP contribution in [0.2, 0.25) is 0 Å². The van der Waals surface area contributed by atoms with Gasteiger partial charge in [0.25, 0.3) is 5.91 Å². The summed E-state index contributed by atoms with van der Waals surface area (Å²) in [4.78, 5) is 27.4. The van der Waals surface area contributed by atoms with Gasteiger partial charge in [0.1, 0.15) is 5.75 Å². The van der Waals surface area contributed by atoms with Gasteiger partial charge in [-0.3, -0.25) is 4.79 Å². The van der Waals surface area contributed by atoms with E-state index in [1.807, 2.05) is 13.8 Å². The molecule has 0 unspecified atom stereocenters. The molecular weight excluding hydrogens is 314 g/mol. The Labute approximate surface area is 140 Å². The van der Waals surface area contributed by atoms with Crippen molar-refractivity contribution < 1.29 is 14.8 Å². The number of carbonyl (C=O) groups excluding carboxylic acids is 1. The van der Waals surface area contributed by atoms with E-state index in [9.17, 15) is 20.0 Å². The van der Waals surface area contributed by atoms with Crippen LogP contribution in [0.1, 0.15) is 37.6 Å². The van der Waals surface area contributed by atoms with E-state index in [1.54, 1.807) is 25.1 Å². The Morgan fingerprint density at radius 1 is 1.42 bits per heavy atom. The number of nitrogens with zero attached hydrogens (tertiary/aromatic N) is 4. The SMILES string of the molecule is C/C=N\C(=NC)[N+](=O)[O-].CC/C(C)=N/NC(=O)c1ccccc1O. The van der Waals surface area contributed by atoms with Gasteiger partial charge in [0, 0.05) is 5.71 Å². The summed E-state index contributed by atoms with van der Waals surface area (Å²) in [5, 5.41) is 23.1. The van der Waals surface area contributed by atoms with Gasteiger partial charge in [0.15, 0.2) is 0 Å². The third-order valence-electron chi connectivity index (χ3n) is 2.62. The van der Waals surface area contributed by atoms with Crippen molar-refractivity contribution in [2.24, 2.45) is 15.1 Å². The Morgan fingerprint density at radius 2 is 2.04 bits per heavy atom. The summed E-state index contributed by atoms with van der Waals surface area (Å²) in [7, 11) is 1.32. The molecule has 1 rings (SSSR count). The minimum atomic E-state index is -0.639. The largest absolute Gasteiger partial charge is 0.507 e. The molecule has 0 radical (unpaired) electrons. The number of amides is 1. The van der Waals surface area contributed by atoms with Crippen LogP contribution in [0, 0.1) is 10.1 Å². The number of aromatic hydroxyl groups is 1. The van der Waals surface area contributed by atoms with Crippen molar-refractivity contribution in [3.63, 3.8) is 0 Å². The number of benzene rings is 1. The van der Waals surface area contributed by atoms with Crippen LogP contribution in [-0.4, -0.2) is 40.9 Å². The molecule has 1 amide bonds. The molecule has 0 aliphatic rings. The van der Waals surface area contributed by atoms with E-state index >= 15 is 0 Å². The van der Waals surface area contributed by atoms with E-state index in [1.165, 1.54) is 19.3 Å². The molecule has 1 aromatic rings. The Morgan fingerprint density at radius 3 is 2.46 bits per heavy atom. The van der Waals surface area contributed by atoms with E-state index in [0.29, 0.717) is 0 Å². The van der Waals surface area contributed by atoms with Crippen LogP contribution in [0.3, 0.4) is 0 Å². The van der Waals surface area contributed by atoms with Crippen LogP contribution in [0.5, 0.6) is 5.75 Å². The van der Waals surface area contributed by atoms with Gasteiger partial charge in [-0.25, -0.2) is 5.43 Å². The molecule has 0 aromatic heterocycles. The summed E-state index contributed by atoms with van der Waals surface area (Å²) in [5.41, 5.74) is 3.44. The molecule has 1 aromatic carbocycles. The lowest BCUT2D eigenvalue weighted by molar-refractivity contribution is -0.352. The molecule has 9 heteroatoms. The molecule has 0 atom stereocenters. The minimum Gasteiger partial charge on any atom is -0.507 e. The fraction of sp³-hybridized carbons (Fsp3) is 0.333. The average molecular weight is 335 g/mol. The predicted molar refractivity (Wildman–Crippen MR) is 93.5 cm³/mol. The van der Waals surface area contributed by atoms with Gasteiger partial charge in [0.2, 0.25) is 0 Å². The molecule has 0 saturated carbocycles. The molecule has 2 N–H and O–H groups in total. The highest BCUT2D eigenvalue weighted by Gasteiger charge is 2.08. The maximum absolute atomic E-state index is 11.5. The molecule has 24 heavy (non-hydrogen) atoms. The lowest BCUT2D eigenvalue weighted by Gasteiger charge is -2.02. The number of hydrogen-bond donors (Lipinski definition) is 2. The van der Waals surface area contributed by atoms with Gasteiger partial charge in [0.05, 0.1) is 18.8 Å². The smallest absolute Gasteiger partial charge is 0.462 e. The molecule has 0 saturated heterocycles. The maximum atomic E-state index is 11.5. The van der Waals surface area contributed by atoms with Crippen LogP contribution in [0.4, 0.5) is 0 Å². The fourth-order valence-electron chi connectivity index (χ4n) is 1.25. The van der Waals surface area contributed by atoms with Crippen LogP contribution >= 0.6 is 0 Å². The van der Waals surface area contributed by atoms with Gasteiger partial charge in [-0.2, -0.15) is 5.10 Å². The van der Waals surface area contributed by atoms with E-state index < -0.39 is 10.8 Å². The van der Waals surface area contributed by atoms with E-state index in [-0.39, 0.29) is 17.3 Å². The van der Waals surface area contributed by atoms with Crippen molar-refractivity contribution in [3.05, 3.63) is 39.9 Å². The highest BCUT2D eigenvalue weighted by atomic mass is 16.6. The number of hydrazone groups is 1. The summed E-state index contributed by atoms with van der Waals surface area (Å²) in [6, 6.07) is 6.35. The van der Waals surface area contributed by atoms with Crippen LogP contribution in [-0.2, 0) is 0 Å². The average Bonchev–Trinajstić information content (AvgIpc) is 2.57. The summed E-state index contributed by atoms with van der Waals surface area (Å²) in [5.74, 6) is -0.808. The van der Waals surface area contributed by atoms with E-state index in [4.69, 9.17) is 0 Å². The molecule has 0 fully saturated rings. The Balaban J connectivity index is 0.000000506. The molecule has 0 spiro atoms. The van der Waals surface area contributed by atoms with Gasteiger partial charge in [-0.05, 0) is 37.3 Å². The number of phenolic OH excluding ortho intramolecular Hbond substituents is 1. The number of nitrogens with one attached hydrogen (secondary N) is 1. The third-order valence-corrected chi connectivity index (χ3v) is 2.62. The highest BCUT2D eigenvalue weighted by Crippen LogP contribution is 2.14. The zero-order valence-corrected chi connectivity index (χ0v) is 14.1. The molecule has 0 bridgehead atoms. The Kier molecular flexibility index (Phi) is 9.98. The zero-order chi connectivity index (χ0) is 18.5. The molecule has 0 aliphatic carbocycles. The number of hydrogen-bond acceptors (Lipinski definition) is 6. The second kappa shape index (κ2) is 11.5. The Bertz CT molecular complexity index is 653. The second-order valence-electron chi connectivity index (χ2n) is 4.33. The lowest BCUT2D eigenvalue weighted by Crippen LogP contribution is -2.18. The Hall–Kier alpha value is -3.10. The molecule has 0 heterocycles. The monoisotopic (exact) mass is 335 g/mol. The number of carbonyl (C=O) groups is 1. The maximum Gasteiger partial charge on any atom is 0.462 e. The topological polar surface area (TPSA) is 130 Å². The van der Waals surface area contributed by atoms with Crippen LogP contribution in [0.25, 0.3) is 0 Å². The van der Waals surface area contributed by atoms with Gasteiger partial charge in [-0.15, -0.1) is 4.99 Å². The molecule has 130 valence electrons. The molecule has 9 nitrogen and oxygen atoms in total. The number of rotatable bonds is 3. The first kappa shape index (κ1) is 20.9. The van der Waals surface area contributed by atoms with Crippen molar-refractivity contribution >= 4 is 23.8 Å². The zero-order valence-electron chi connectivity index (χ0n) is 14.1. The number of aliphatic imine (C=N–C) groups is 2. The summed E-state index contributed by atoms with van der Waals surface area (Å²) in [6.45, 7) is 5.37. The van der Waals surface area contributed by atoms with Crippen molar-refractivity contribution in [2.45, 2.75) is 27.2 Å². The first-order chi connectivity index (χ1) is 11.4. The first-order valence-corrected chi connectivity index (χ1v) is 7.08. The number of para-hydroxylation sites is 1. The van der Waals surface area contributed by atoms with Gasteiger partial charge < -0.3 is 15.2 Å². The van der Waals surface area contributed by atoms with E-state index in [2.05, 4.69) is 20.5 Å². The van der Waals surface area contributed by atoms with Crippen molar-refractivity contribution in [3.8, 4) is 5.75 Å². The summed E-state index contributed by atoms with van der Waals surface area (Å²) < 4.78 is 0. The normalized spacial score (nSPS) is 11.7. The number of phenols is 1. The van der Waals surface area contributed by atoms with Gasteiger partial charge >= 0.3 is 5.96 Å². The minimum absolute atomic E-state index is 0.0423. The van der Waals surface area contributed by atoms with E-state index in [0.717, 1.165) is 12.1 Å². The van der Waals surface area contributed by atoms with Crippen molar-refractivity contribution in [1.29, 1.82) is 0 Å². The highest BCUT2D eigenvalue weighted by molar-refractivity contribution is 5.97. The van der Waals surface area contributed by atoms with Gasteiger partial charge in [-0.1, -0.05) is 24.0 Å². The predicted octanol–water partition coefficient (Wildman–Crippen LogP) is 2.25. The second-order valence-corrected chi connectivity index (χ2v) is 4.33. The molecule has 0 aliphatic heterocycles. The van der Waals surface area contributed by atoms with Crippen molar-refractivity contribution in [1.82, 2.24) is 5.43 Å². The summed E-state index contributed by atoms with van der Waals surface area (Å²) >= 11 is 0. The summed E-state index contributed by atoms with van der Waals surface area (Å²) in [6.07, 6.45) is 2.10. The first-order valence-electron chi connectivity index (χ1n) is 7.08. The third kappa shape index (κ3) is 7.78. The number of nitro groups is 1. The van der Waals surface area contributed by atoms with Crippen LogP contribution in [0.15, 0.2) is 39.4 Å². The lowest BCUT2D eigenvalue weighted by atomic mass is 10.2. The van der Waals surface area contributed by atoms with Crippen molar-refractivity contribution in [2.75, 3.05) is 7.05 Å². The fourth-order valence-corrected chi connectivity index (χ4v) is 1.25. The number of guanidine groups is 1.